The molecule has 0 aromatic heterocycles. The lowest BCUT2D eigenvalue weighted by molar-refractivity contribution is -0.320. The molecular formula is C13H12O8. The van der Waals surface area contributed by atoms with Gasteiger partial charge in [-0.3, -0.25) is 10.1 Å². The molecule has 1 aromatic rings. The highest BCUT2D eigenvalue weighted by Crippen LogP contribution is 2.20. The van der Waals surface area contributed by atoms with Gasteiger partial charge < -0.3 is 15.3 Å². The van der Waals surface area contributed by atoms with Crippen molar-refractivity contribution in [1.82, 2.24) is 0 Å². The molecular weight excluding hydrogens is 284 g/mol. The zero-order valence-corrected chi connectivity index (χ0v) is 10.5. The molecule has 112 valence electrons. The van der Waals surface area contributed by atoms with E-state index in [4.69, 9.17) is 15.5 Å². The van der Waals surface area contributed by atoms with E-state index >= 15 is 0 Å². The number of benzene rings is 1. The number of ketones is 1. The minimum atomic E-state index is -3.34. The lowest BCUT2D eigenvalue weighted by Gasteiger charge is -2.25. The van der Waals surface area contributed by atoms with Crippen molar-refractivity contribution in [1.29, 1.82) is 0 Å². The van der Waals surface area contributed by atoms with Gasteiger partial charge in [0.2, 0.25) is 11.9 Å². The molecule has 0 radical (unpaired) electrons. The highest BCUT2D eigenvalue weighted by Gasteiger charge is 2.57. The number of aliphatic hydroxyl groups excluding tert-OH is 1. The number of carbonyl (C=O) groups excluding carboxylic acids is 1. The number of hydrogen-bond donors (Lipinski definition) is 4. The number of carboxylic acids is 2. The lowest BCUT2D eigenvalue weighted by Crippen LogP contribution is -2.59. The summed E-state index contributed by atoms with van der Waals surface area (Å²) in [5.74, 6) is -5.60. The van der Waals surface area contributed by atoms with Crippen LogP contribution in [0.15, 0.2) is 36.4 Å². The predicted molar refractivity (Wildman–Crippen MR) is 68.2 cm³/mol. The Labute approximate surface area is 118 Å². The third-order valence-corrected chi connectivity index (χ3v) is 2.67. The van der Waals surface area contributed by atoms with Crippen LogP contribution in [0.5, 0.6) is 0 Å². The molecule has 4 N–H and O–H groups in total. The van der Waals surface area contributed by atoms with Gasteiger partial charge in [-0.25, -0.2) is 14.5 Å². The Balaban J connectivity index is 3.15. The Morgan fingerprint density at radius 3 is 2.14 bits per heavy atom. The van der Waals surface area contributed by atoms with Crippen LogP contribution in [0.4, 0.5) is 0 Å². The summed E-state index contributed by atoms with van der Waals surface area (Å²) in [6.45, 7) is 0. The third kappa shape index (κ3) is 3.31. The first kappa shape index (κ1) is 16.5. The Morgan fingerprint density at radius 1 is 1.14 bits per heavy atom. The van der Waals surface area contributed by atoms with Crippen LogP contribution >= 0.6 is 0 Å². The second-order valence-electron chi connectivity index (χ2n) is 3.98. The van der Waals surface area contributed by atoms with Crippen molar-refractivity contribution >= 4 is 23.8 Å². The molecule has 0 saturated carbocycles. The average Bonchev–Trinajstić information content (AvgIpc) is 2.46. The van der Waals surface area contributed by atoms with Crippen LogP contribution in [0.1, 0.15) is 5.56 Å². The molecule has 0 amide bonds. The molecule has 0 aliphatic rings. The van der Waals surface area contributed by atoms with Crippen LogP contribution in [-0.2, 0) is 19.3 Å². The Hall–Kier alpha value is -2.55. The van der Waals surface area contributed by atoms with E-state index in [2.05, 4.69) is 4.89 Å². The van der Waals surface area contributed by atoms with E-state index in [1.54, 1.807) is 30.3 Å². The summed E-state index contributed by atoms with van der Waals surface area (Å²) < 4.78 is 0. The normalized spacial score (nSPS) is 15.3. The van der Waals surface area contributed by atoms with Gasteiger partial charge in [0.15, 0.2) is 0 Å². The molecule has 0 aliphatic carbocycles. The molecule has 0 heterocycles. The Bertz CT molecular complexity index is 565. The van der Waals surface area contributed by atoms with Crippen molar-refractivity contribution < 1.29 is 39.8 Å². The van der Waals surface area contributed by atoms with Crippen LogP contribution in [0, 0.1) is 0 Å². The van der Waals surface area contributed by atoms with E-state index in [-0.39, 0.29) is 0 Å². The van der Waals surface area contributed by atoms with Crippen LogP contribution in [0.2, 0.25) is 0 Å². The van der Waals surface area contributed by atoms with Crippen molar-refractivity contribution in [3.8, 4) is 0 Å². The third-order valence-electron chi connectivity index (χ3n) is 2.67. The largest absolute Gasteiger partial charge is 0.479 e. The zero-order valence-electron chi connectivity index (χ0n) is 10.5. The summed E-state index contributed by atoms with van der Waals surface area (Å²) in [5.41, 5.74) is -2.81. The first-order chi connectivity index (χ1) is 9.86. The van der Waals surface area contributed by atoms with Gasteiger partial charge in [0, 0.05) is 0 Å². The summed E-state index contributed by atoms with van der Waals surface area (Å²) in [6.07, 6.45) is -0.896. The van der Waals surface area contributed by atoms with E-state index in [1.807, 2.05) is 0 Å². The monoisotopic (exact) mass is 296 g/mol. The molecule has 1 aromatic carbocycles. The van der Waals surface area contributed by atoms with Crippen LogP contribution in [0.3, 0.4) is 0 Å². The van der Waals surface area contributed by atoms with E-state index in [9.17, 15) is 19.5 Å². The maximum absolute atomic E-state index is 11.9. The van der Waals surface area contributed by atoms with E-state index < -0.39 is 29.4 Å². The number of carbonyl (C=O) groups is 3. The van der Waals surface area contributed by atoms with E-state index in [0.29, 0.717) is 11.6 Å². The molecule has 0 aliphatic heterocycles. The first-order valence-corrected chi connectivity index (χ1v) is 5.60. The van der Waals surface area contributed by atoms with Crippen LogP contribution in [0.25, 0.3) is 6.08 Å². The highest BCUT2D eigenvalue weighted by atomic mass is 17.1. The number of rotatable bonds is 7. The maximum atomic E-state index is 11.9. The van der Waals surface area contributed by atoms with Crippen molar-refractivity contribution in [2.75, 3.05) is 0 Å². The fourth-order valence-electron chi connectivity index (χ4n) is 1.52. The van der Waals surface area contributed by atoms with Crippen LogP contribution < -0.4 is 0 Å². The minimum absolute atomic E-state index is 0.521. The second-order valence-corrected chi connectivity index (χ2v) is 3.98. The summed E-state index contributed by atoms with van der Waals surface area (Å²) in [5, 5.41) is 35.6. The molecule has 0 fully saturated rings. The number of aliphatic carboxylic acids is 2. The van der Waals surface area contributed by atoms with E-state index in [0.717, 1.165) is 0 Å². The molecule has 21 heavy (non-hydrogen) atoms. The summed E-state index contributed by atoms with van der Waals surface area (Å²) >= 11 is 0. The van der Waals surface area contributed by atoms with Gasteiger partial charge in [0.25, 0.3) is 5.60 Å². The molecule has 8 nitrogen and oxygen atoms in total. The smallest absolute Gasteiger partial charge is 0.351 e. The topological polar surface area (TPSA) is 141 Å². The number of hydrogen-bond acceptors (Lipinski definition) is 6. The second kappa shape index (κ2) is 6.75. The predicted octanol–water partition coefficient (Wildman–Crippen LogP) is 0.0274. The lowest BCUT2D eigenvalue weighted by atomic mass is 9.90. The SMILES string of the molecule is O=C(O)C(O)C(OO)(C(=O)O)C(=O)C=Cc1ccccc1. The Morgan fingerprint density at radius 2 is 1.71 bits per heavy atom. The maximum Gasteiger partial charge on any atom is 0.351 e. The molecule has 0 saturated heterocycles. The number of aliphatic hydroxyl groups is 1. The van der Waals surface area contributed by atoms with Gasteiger partial charge in [-0.15, -0.1) is 0 Å². The molecule has 0 bridgehead atoms. The average molecular weight is 296 g/mol. The zero-order chi connectivity index (χ0) is 16.0. The van der Waals surface area contributed by atoms with Gasteiger partial charge in [-0.1, -0.05) is 36.4 Å². The van der Waals surface area contributed by atoms with Crippen LogP contribution in [-0.4, -0.2) is 50.0 Å². The molecule has 8 heteroatoms. The quantitative estimate of drug-likeness (QED) is 0.239. The summed E-state index contributed by atoms with van der Waals surface area (Å²) in [4.78, 5) is 37.2. The number of carboxylic acid groups (broad SMARTS) is 2. The van der Waals surface area contributed by atoms with Gasteiger partial charge >= 0.3 is 11.9 Å². The fraction of sp³-hybridized carbons (Fsp3) is 0.154. The Kier molecular flexibility index (Phi) is 5.30. The van der Waals surface area contributed by atoms with Crippen molar-refractivity contribution in [2.24, 2.45) is 0 Å². The van der Waals surface area contributed by atoms with Gasteiger partial charge in [0.1, 0.15) is 0 Å². The van der Waals surface area contributed by atoms with Gasteiger partial charge in [-0.05, 0) is 11.6 Å². The van der Waals surface area contributed by atoms with E-state index in [1.165, 1.54) is 6.08 Å². The van der Waals surface area contributed by atoms with Crippen molar-refractivity contribution in [3.05, 3.63) is 42.0 Å². The molecule has 2 unspecified atom stereocenters. The minimum Gasteiger partial charge on any atom is -0.479 e. The molecule has 1 rings (SSSR count). The van der Waals surface area contributed by atoms with Crippen molar-refractivity contribution in [3.63, 3.8) is 0 Å². The fourth-order valence-corrected chi connectivity index (χ4v) is 1.52. The van der Waals surface area contributed by atoms with Gasteiger partial charge in [0.05, 0.1) is 0 Å². The summed E-state index contributed by atoms with van der Waals surface area (Å²) in [6, 6.07) is 8.22. The van der Waals surface area contributed by atoms with Crippen molar-refractivity contribution in [2.45, 2.75) is 11.7 Å². The molecule has 0 spiro atoms. The standard InChI is InChI=1S/C13H12O8/c14-9(7-6-8-4-2-1-3-5-8)13(21-20,12(18)19)10(15)11(16)17/h1-7,10,15,20H,(H,16,17)(H,18,19). The van der Waals surface area contributed by atoms with Gasteiger partial charge in [-0.2, -0.15) is 0 Å². The highest BCUT2D eigenvalue weighted by molar-refractivity contribution is 6.16. The summed E-state index contributed by atoms with van der Waals surface area (Å²) in [7, 11) is 0. The molecule has 2 atom stereocenters. The first-order valence-electron chi connectivity index (χ1n) is 5.60.